The first-order chi connectivity index (χ1) is 7.18. The highest BCUT2D eigenvalue weighted by Gasteiger charge is 2.21. The second kappa shape index (κ2) is 4.35. The molecule has 15 heavy (non-hydrogen) atoms. The molecule has 3 nitrogen and oxygen atoms in total. The fourth-order valence-corrected chi connectivity index (χ4v) is 2.49. The van der Waals surface area contributed by atoms with Gasteiger partial charge in [-0.2, -0.15) is 0 Å². The third-order valence-electron chi connectivity index (χ3n) is 3.54. The second-order valence-corrected chi connectivity index (χ2v) is 4.93. The Morgan fingerprint density at radius 3 is 2.67 bits per heavy atom. The monoisotopic (exact) mass is 207 g/mol. The maximum Gasteiger partial charge on any atom is 0.0951 e. The van der Waals surface area contributed by atoms with Crippen LogP contribution in [0.1, 0.15) is 57.3 Å². The fraction of sp³-hybridized carbons (Fsp3) is 0.750. The number of hydrogen-bond donors (Lipinski definition) is 1. The second-order valence-electron chi connectivity index (χ2n) is 4.93. The van der Waals surface area contributed by atoms with E-state index in [1.54, 1.807) is 0 Å². The van der Waals surface area contributed by atoms with E-state index in [0.29, 0.717) is 6.04 Å². The van der Waals surface area contributed by atoms with E-state index in [-0.39, 0.29) is 6.04 Å². The van der Waals surface area contributed by atoms with Gasteiger partial charge < -0.3 is 10.3 Å². The van der Waals surface area contributed by atoms with Crippen molar-refractivity contribution in [3.05, 3.63) is 18.2 Å². The summed E-state index contributed by atoms with van der Waals surface area (Å²) in [6.45, 7) is 4.37. The summed E-state index contributed by atoms with van der Waals surface area (Å²) < 4.78 is 2.29. The van der Waals surface area contributed by atoms with Crippen molar-refractivity contribution in [2.75, 3.05) is 0 Å². The largest absolute Gasteiger partial charge is 0.330 e. The Morgan fingerprint density at radius 2 is 2.07 bits per heavy atom. The molecule has 1 aliphatic rings. The molecule has 0 saturated heterocycles. The standard InChI is InChI=1S/C12H21N3/c1-9-3-5-11(6-4-9)15-8-14-7-12(15)10(2)13/h7-11H,3-6,13H2,1-2H3/t9?,10-,11?/m0/s1. The Labute approximate surface area is 91.7 Å². The highest BCUT2D eigenvalue weighted by molar-refractivity contribution is 5.05. The molecule has 0 radical (unpaired) electrons. The highest BCUT2D eigenvalue weighted by Crippen LogP contribution is 2.33. The number of imidazole rings is 1. The van der Waals surface area contributed by atoms with Crippen molar-refractivity contribution in [3.63, 3.8) is 0 Å². The van der Waals surface area contributed by atoms with Crippen LogP contribution in [0.2, 0.25) is 0 Å². The van der Waals surface area contributed by atoms with Crippen LogP contribution in [0, 0.1) is 5.92 Å². The molecule has 0 unspecified atom stereocenters. The van der Waals surface area contributed by atoms with Gasteiger partial charge >= 0.3 is 0 Å². The van der Waals surface area contributed by atoms with Crippen molar-refractivity contribution in [2.45, 2.75) is 51.6 Å². The van der Waals surface area contributed by atoms with E-state index in [4.69, 9.17) is 5.73 Å². The van der Waals surface area contributed by atoms with Crippen LogP contribution >= 0.6 is 0 Å². The molecule has 0 amide bonds. The molecule has 1 aliphatic carbocycles. The Hall–Kier alpha value is -0.830. The average molecular weight is 207 g/mol. The van der Waals surface area contributed by atoms with E-state index in [1.807, 2.05) is 19.4 Å². The Kier molecular flexibility index (Phi) is 3.10. The zero-order chi connectivity index (χ0) is 10.8. The molecule has 1 saturated carbocycles. The van der Waals surface area contributed by atoms with Crippen LogP contribution in [0.25, 0.3) is 0 Å². The molecular weight excluding hydrogens is 186 g/mol. The van der Waals surface area contributed by atoms with Gasteiger partial charge in [0, 0.05) is 18.3 Å². The minimum absolute atomic E-state index is 0.0897. The Balaban J connectivity index is 2.12. The maximum absolute atomic E-state index is 5.93. The van der Waals surface area contributed by atoms with Crippen LogP contribution < -0.4 is 5.73 Å². The van der Waals surface area contributed by atoms with E-state index in [1.165, 1.54) is 31.4 Å². The molecule has 3 heteroatoms. The first kappa shape index (κ1) is 10.7. The molecule has 0 aliphatic heterocycles. The summed E-state index contributed by atoms with van der Waals surface area (Å²) >= 11 is 0. The quantitative estimate of drug-likeness (QED) is 0.810. The number of rotatable bonds is 2. The van der Waals surface area contributed by atoms with Gasteiger partial charge in [-0.3, -0.25) is 0 Å². The SMILES string of the molecule is CC1CCC(n2cncc2[C@H](C)N)CC1. The van der Waals surface area contributed by atoms with Gasteiger partial charge in [0.15, 0.2) is 0 Å². The number of nitrogens with two attached hydrogens (primary N) is 1. The van der Waals surface area contributed by atoms with Gasteiger partial charge in [0.1, 0.15) is 0 Å². The van der Waals surface area contributed by atoms with Crippen molar-refractivity contribution < 1.29 is 0 Å². The summed E-state index contributed by atoms with van der Waals surface area (Å²) in [7, 11) is 0. The lowest BCUT2D eigenvalue weighted by molar-refractivity contribution is 0.283. The third kappa shape index (κ3) is 2.23. The average Bonchev–Trinajstić information content (AvgIpc) is 2.67. The van der Waals surface area contributed by atoms with Crippen LogP contribution in [0.4, 0.5) is 0 Å². The third-order valence-corrected chi connectivity index (χ3v) is 3.54. The molecule has 1 fully saturated rings. The summed E-state index contributed by atoms with van der Waals surface area (Å²) in [6, 6.07) is 0.719. The van der Waals surface area contributed by atoms with Crippen LogP contribution in [0.15, 0.2) is 12.5 Å². The fourth-order valence-electron chi connectivity index (χ4n) is 2.49. The molecule has 0 aromatic carbocycles. The van der Waals surface area contributed by atoms with Gasteiger partial charge in [-0.15, -0.1) is 0 Å². The summed E-state index contributed by atoms with van der Waals surface area (Å²) in [5.41, 5.74) is 7.11. The summed E-state index contributed by atoms with van der Waals surface area (Å²) in [5.74, 6) is 0.892. The van der Waals surface area contributed by atoms with Gasteiger partial charge in [0.25, 0.3) is 0 Å². The molecular formula is C12H21N3. The van der Waals surface area contributed by atoms with Gasteiger partial charge in [0.2, 0.25) is 0 Å². The lowest BCUT2D eigenvalue weighted by atomic mass is 9.87. The molecule has 84 valence electrons. The first-order valence-corrected chi connectivity index (χ1v) is 5.95. The molecule has 1 aromatic heterocycles. The molecule has 0 spiro atoms. The van der Waals surface area contributed by atoms with E-state index in [9.17, 15) is 0 Å². The van der Waals surface area contributed by atoms with E-state index in [0.717, 1.165) is 5.92 Å². The van der Waals surface area contributed by atoms with Crippen molar-refractivity contribution in [1.29, 1.82) is 0 Å². The van der Waals surface area contributed by atoms with E-state index >= 15 is 0 Å². The predicted octanol–water partition coefficient (Wildman–Crippen LogP) is 2.65. The van der Waals surface area contributed by atoms with Crippen LogP contribution in [-0.2, 0) is 0 Å². The number of hydrogen-bond acceptors (Lipinski definition) is 2. The topological polar surface area (TPSA) is 43.8 Å². The maximum atomic E-state index is 5.93. The predicted molar refractivity (Wildman–Crippen MR) is 61.5 cm³/mol. The van der Waals surface area contributed by atoms with Crippen molar-refractivity contribution in [1.82, 2.24) is 9.55 Å². The van der Waals surface area contributed by atoms with E-state index < -0.39 is 0 Å². The Morgan fingerprint density at radius 1 is 1.40 bits per heavy atom. The molecule has 1 heterocycles. The van der Waals surface area contributed by atoms with Gasteiger partial charge in [-0.05, 0) is 38.5 Å². The first-order valence-electron chi connectivity index (χ1n) is 5.95. The van der Waals surface area contributed by atoms with Gasteiger partial charge in [-0.25, -0.2) is 4.98 Å². The summed E-state index contributed by atoms with van der Waals surface area (Å²) in [5, 5.41) is 0. The molecule has 0 bridgehead atoms. The molecule has 2 N–H and O–H groups in total. The normalized spacial score (nSPS) is 29.0. The van der Waals surface area contributed by atoms with Crippen molar-refractivity contribution in [2.24, 2.45) is 11.7 Å². The zero-order valence-electron chi connectivity index (χ0n) is 9.69. The van der Waals surface area contributed by atoms with E-state index in [2.05, 4.69) is 16.5 Å². The molecule has 1 aromatic rings. The highest BCUT2D eigenvalue weighted by atomic mass is 15.1. The van der Waals surface area contributed by atoms with Crippen molar-refractivity contribution in [3.8, 4) is 0 Å². The van der Waals surface area contributed by atoms with Crippen LogP contribution in [0.5, 0.6) is 0 Å². The van der Waals surface area contributed by atoms with Crippen LogP contribution in [-0.4, -0.2) is 9.55 Å². The van der Waals surface area contributed by atoms with Gasteiger partial charge in [0.05, 0.1) is 12.0 Å². The molecule has 1 atom stereocenters. The molecule has 2 rings (SSSR count). The van der Waals surface area contributed by atoms with Gasteiger partial charge in [-0.1, -0.05) is 6.92 Å². The van der Waals surface area contributed by atoms with Crippen LogP contribution in [0.3, 0.4) is 0 Å². The lowest BCUT2D eigenvalue weighted by Crippen LogP contribution is -2.20. The Bertz CT molecular complexity index is 308. The number of aromatic nitrogens is 2. The smallest absolute Gasteiger partial charge is 0.0951 e. The minimum Gasteiger partial charge on any atom is -0.330 e. The lowest BCUT2D eigenvalue weighted by Gasteiger charge is -2.29. The minimum atomic E-state index is 0.0897. The summed E-state index contributed by atoms with van der Waals surface area (Å²) in [4.78, 5) is 4.22. The van der Waals surface area contributed by atoms with Crippen molar-refractivity contribution >= 4 is 0 Å². The number of nitrogens with zero attached hydrogens (tertiary/aromatic N) is 2. The zero-order valence-corrected chi connectivity index (χ0v) is 9.69. The summed E-state index contributed by atoms with van der Waals surface area (Å²) in [6.07, 6.45) is 9.07.